The molecule has 0 saturated heterocycles. The number of rotatable bonds is 8. The third-order valence-electron chi connectivity index (χ3n) is 3.87. The average molecular weight is 302 g/mol. The van der Waals surface area contributed by atoms with E-state index in [0.717, 1.165) is 24.8 Å². The van der Waals surface area contributed by atoms with Crippen molar-refractivity contribution in [1.29, 1.82) is 0 Å². The summed E-state index contributed by atoms with van der Waals surface area (Å²) < 4.78 is 0. The molecule has 22 heavy (non-hydrogen) atoms. The van der Waals surface area contributed by atoms with Gasteiger partial charge in [-0.15, -0.1) is 0 Å². The minimum absolute atomic E-state index is 0.00632. The van der Waals surface area contributed by atoms with Crippen LogP contribution in [0.4, 0.5) is 0 Å². The average Bonchev–Trinajstić information content (AvgIpc) is 2.89. The van der Waals surface area contributed by atoms with Crippen LogP contribution in [0.1, 0.15) is 38.7 Å². The molecule has 4 nitrogen and oxygen atoms in total. The van der Waals surface area contributed by atoms with Crippen LogP contribution in [0, 0.1) is 5.92 Å². The maximum absolute atomic E-state index is 12.0. The van der Waals surface area contributed by atoms with Gasteiger partial charge in [0, 0.05) is 23.5 Å². The Morgan fingerprint density at radius 2 is 2.09 bits per heavy atom. The lowest BCUT2D eigenvalue weighted by molar-refractivity contribution is -0.122. The van der Waals surface area contributed by atoms with Crippen LogP contribution in [-0.4, -0.2) is 28.6 Å². The second-order valence-electron chi connectivity index (χ2n) is 6.29. The zero-order valence-electron chi connectivity index (χ0n) is 13.4. The van der Waals surface area contributed by atoms with E-state index in [4.69, 9.17) is 0 Å². The molecule has 1 atom stereocenters. The van der Waals surface area contributed by atoms with Crippen molar-refractivity contribution in [2.75, 3.05) is 6.61 Å². The topological polar surface area (TPSA) is 65.1 Å². The first-order valence-electron chi connectivity index (χ1n) is 8.05. The summed E-state index contributed by atoms with van der Waals surface area (Å²) in [6.45, 7) is 4.18. The number of aliphatic hydroxyl groups excluding tert-OH is 1. The first-order chi connectivity index (χ1) is 10.6. The van der Waals surface area contributed by atoms with Crippen LogP contribution < -0.4 is 5.32 Å². The van der Waals surface area contributed by atoms with E-state index in [0.29, 0.717) is 12.3 Å². The van der Waals surface area contributed by atoms with Crippen LogP contribution in [0.15, 0.2) is 30.5 Å². The third kappa shape index (κ3) is 4.60. The van der Waals surface area contributed by atoms with Crippen molar-refractivity contribution >= 4 is 16.8 Å². The SMILES string of the molecule is CC(C)CC(CO)NC(=O)CCCc1c[nH]c2ccccc12. The van der Waals surface area contributed by atoms with Gasteiger partial charge in [-0.05, 0) is 36.8 Å². The molecule has 0 aliphatic heterocycles. The molecule has 120 valence electrons. The molecule has 0 aliphatic rings. The minimum Gasteiger partial charge on any atom is -0.394 e. The molecule has 0 radical (unpaired) electrons. The number of amides is 1. The van der Waals surface area contributed by atoms with Crippen LogP contribution >= 0.6 is 0 Å². The normalized spacial score (nSPS) is 12.7. The Balaban J connectivity index is 1.79. The predicted molar refractivity (Wildman–Crippen MR) is 89.7 cm³/mol. The largest absolute Gasteiger partial charge is 0.394 e. The lowest BCUT2D eigenvalue weighted by Gasteiger charge is -2.18. The number of H-pyrrole nitrogens is 1. The quantitative estimate of drug-likeness (QED) is 0.702. The predicted octanol–water partition coefficient (Wildman–Crippen LogP) is 3.01. The van der Waals surface area contributed by atoms with E-state index in [2.05, 4.69) is 36.3 Å². The highest BCUT2D eigenvalue weighted by atomic mass is 16.3. The monoisotopic (exact) mass is 302 g/mol. The smallest absolute Gasteiger partial charge is 0.220 e. The zero-order valence-corrected chi connectivity index (χ0v) is 13.4. The molecule has 0 aliphatic carbocycles. The Labute approximate surface area is 131 Å². The zero-order chi connectivity index (χ0) is 15.9. The number of benzene rings is 1. The molecule has 1 aromatic heterocycles. The van der Waals surface area contributed by atoms with E-state index in [-0.39, 0.29) is 18.6 Å². The van der Waals surface area contributed by atoms with Gasteiger partial charge in [-0.25, -0.2) is 0 Å². The number of aromatic amines is 1. The fraction of sp³-hybridized carbons (Fsp3) is 0.500. The standard InChI is InChI=1S/C18H26N2O2/c1-13(2)10-15(12-21)20-18(22)9-5-6-14-11-19-17-8-4-3-7-16(14)17/h3-4,7-8,11,13,15,19,21H,5-6,9-10,12H2,1-2H3,(H,20,22). The number of aliphatic hydroxyl groups is 1. The van der Waals surface area contributed by atoms with Gasteiger partial charge in [0.1, 0.15) is 0 Å². The lowest BCUT2D eigenvalue weighted by Crippen LogP contribution is -2.38. The minimum atomic E-state index is -0.124. The molecule has 2 rings (SSSR count). The molecule has 0 fully saturated rings. The van der Waals surface area contributed by atoms with Crippen LogP contribution in [-0.2, 0) is 11.2 Å². The molecule has 0 saturated carbocycles. The summed E-state index contributed by atoms with van der Waals surface area (Å²) in [6, 6.07) is 8.08. The van der Waals surface area contributed by atoms with Crippen LogP contribution in [0.2, 0.25) is 0 Å². The van der Waals surface area contributed by atoms with E-state index in [9.17, 15) is 9.90 Å². The van der Waals surface area contributed by atoms with Crippen molar-refractivity contribution in [3.8, 4) is 0 Å². The molecular formula is C18H26N2O2. The molecule has 1 aromatic carbocycles. The Hall–Kier alpha value is -1.81. The van der Waals surface area contributed by atoms with Crippen molar-refractivity contribution < 1.29 is 9.90 Å². The molecular weight excluding hydrogens is 276 g/mol. The fourth-order valence-electron chi connectivity index (χ4n) is 2.83. The van der Waals surface area contributed by atoms with Crippen LogP contribution in [0.5, 0.6) is 0 Å². The van der Waals surface area contributed by atoms with Gasteiger partial charge in [0.05, 0.1) is 12.6 Å². The highest BCUT2D eigenvalue weighted by Crippen LogP contribution is 2.19. The summed E-state index contributed by atoms with van der Waals surface area (Å²) in [5.41, 5.74) is 2.39. The first-order valence-corrected chi connectivity index (χ1v) is 8.05. The van der Waals surface area contributed by atoms with Gasteiger partial charge in [0.2, 0.25) is 5.91 Å². The van der Waals surface area contributed by atoms with Gasteiger partial charge in [-0.2, -0.15) is 0 Å². The molecule has 2 aromatic rings. The molecule has 0 spiro atoms. The summed E-state index contributed by atoms with van der Waals surface area (Å²) in [6.07, 6.45) is 5.02. The summed E-state index contributed by atoms with van der Waals surface area (Å²) >= 11 is 0. The van der Waals surface area contributed by atoms with Gasteiger partial charge < -0.3 is 15.4 Å². The van der Waals surface area contributed by atoms with Crippen molar-refractivity contribution in [2.24, 2.45) is 5.92 Å². The fourth-order valence-corrected chi connectivity index (χ4v) is 2.83. The number of hydrogen-bond donors (Lipinski definition) is 3. The van der Waals surface area contributed by atoms with Gasteiger partial charge in [-0.1, -0.05) is 32.0 Å². The Morgan fingerprint density at radius 3 is 2.82 bits per heavy atom. The van der Waals surface area contributed by atoms with Crippen molar-refractivity contribution in [3.63, 3.8) is 0 Å². The highest BCUT2D eigenvalue weighted by molar-refractivity contribution is 5.83. The second kappa shape index (κ2) is 7.99. The van der Waals surface area contributed by atoms with Crippen LogP contribution in [0.3, 0.4) is 0 Å². The second-order valence-corrected chi connectivity index (χ2v) is 6.29. The van der Waals surface area contributed by atoms with Crippen molar-refractivity contribution in [2.45, 2.75) is 45.6 Å². The number of aromatic nitrogens is 1. The number of fused-ring (bicyclic) bond motifs is 1. The molecule has 1 amide bonds. The number of hydrogen-bond acceptors (Lipinski definition) is 2. The van der Waals surface area contributed by atoms with Gasteiger partial charge in [0.15, 0.2) is 0 Å². The summed E-state index contributed by atoms with van der Waals surface area (Å²) in [5.74, 6) is 0.489. The number of carbonyl (C=O) groups excluding carboxylic acids is 1. The number of nitrogens with one attached hydrogen (secondary N) is 2. The van der Waals surface area contributed by atoms with E-state index in [1.54, 1.807) is 0 Å². The number of aryl methyl sites for hydroxylation is 1. The number of para-hydroxylation sites is 1. The maximum atomic E-state index is 12.0. The molecule has 0 bridgehead atoms. The van der Waals surface area contributed by atoms with Gasteiger partial charge in [0.25, 0.3) is 0 Å². The van der Waals surface area contributed by atoms with E-state index < -0.39 is 0 Å². The maximum Gasteiger partial charge on any atom is 0.220 e. The molecule has 1 unspecified atom stereocenters. The third-order valence-corrected chi connectivity index (χ3v) is 3.87. The summed E-state index contributed by atoms with van der Waals surface area (Å²) in [4.78, 5) is 15.2. The Kier molecular flexibility index (Phi) is 6.01. The Bertz CT molecular complexity index is 604. The first kappa shape index (κ1) is 16.6. The van der Waals surface area contributed by atoms with Crippen molar-refractivity contribution in [3.05, 3.63) is 36.0 Å². The molecule has 1 heterocycles. The Morgan fingerprint density at radius 1 is 1.32 bits per heavy atom. The van der Waals surface area contributed by atoms with E-state index in [1.165, 1.54) is 10.9 Å². The molecule has 4 heteroatoms. The summed E-state index contributed by atoms with van der Waals surface area (Å²) in [7, 11) is 0. The van der Waals surface area contributed by atoms with E-state index >= 15 is 0 Å². The number of carbonyl (C=O) groups is 1. The summed E-state index contributed by atoms with van der Waals surface area (Å²) in [5, 5.41) is 13.4. The highest BCUT2D eigenvalue weighted by Gasteiger charge is 2.13. The van der Waals surface area contributed by atoms with Crippen LogP contribution in [0.25, 0.3) is 10.9 Å². The van der Waals surface area contributed by atoms with Crippen molar-refractivity contribution in [1.82, 2.24) is 10.3 Å². The van der Waals surface area contributed by atoms with Gasteiger partial charge in [-0.3, -0.25) is 4.79 Å². The van der Waals surface area contributed by atoms with Gasteiger partial charge >= 0.3 is 0 Å². The molecule has 3 N–H and O–H groups in total. The lowest BCUT2D eigenvalue weighted by atomic mass is 10.0. The van der Waals surface area contributed by atoms with E-state index in [1.807, 2.05) is 18.3 Å².